The fourth-order valence-corrected chi connectivity index (χ4v) is 0.841. The van der Waals surface area contributed by atoms with E-state index in [0.717, 1.165) is 5.92 Å². The average Bonchev–Trinajstić information content (AvgIpc) is 1.61. The standard InChI is InChI=1S/C6H15Si.K/c1-6(2)4-3-5-7;/h6H,3-5,7H2,1-2H3;/q-1;+1. The quantitative estimate of drug-likeness (QED) is 0.433. The Labute approximate surface area is 98.7 Å². The summed E-state index contributed by atoms with van der Waals surface area (Å²) < 4.78 is 0. The molecule has 0 saturated carbocycles. The predicted molar refractivity (Wildman–Crippen MR) is 37.4 cm³/mol. The molecule has 44 valence electrons. The molecular formula is C6H15KSi. The number of hydrogen-bond donors (Lipinski definition) is 0. The minimum absolute atomic E-state index is 0. The molecule has 0 amide bonds. The van der Waals surface area contributed by atoms with Crippen LogP contribution in [0.2, 0.25) is 6.04 Å². The zero-order valence-electron chi connectivity index (χ0n) is 6.41. The van der Waals surface area contributed by atoms with Crippen LogP contribution in [0.15, 0.2) is 0 Å². The van der Waals surface area contributed by atoms with E-state index in [-0.39, 0.29) is 51.4 Å². The molecule has 0 aliphatic carbocycles. The van der Waals surface area contributed by atoms with Crippen molar-refractivity contribution < 1.29 is 51.4 Å². The second kappa shape index (κ2) is 8.85. The van der Waals surface area contributed by atoms with E-state index in [0.29, 0.717) is 0 Å². The fraction of sp³-hybridized carbons (Fsp3) is 1.00. The molecule has 0 aromatic heterocycles. The van der Waals surface area contributed by atoms with Gasteiger partial charge >= 0.3 is 51.4 Å². The van der Waals surface area contributed by atoms with Crippen LogP contribution in [0.4, 0.5) is 0 Å². The van der Waals surface area contributed by atoms with Gasteiger partial charge in [0.05, 0.1) is 0 Å². The van der Waals surface area contributed by atoms with Crippen molar-refractivity contribution >= 4 is 10.2 Å². The Kier molecular flexibility index (Phi) is 13.9. The molecule has 0 nitrogen and oxygen atoms in total. The van der Waals surface area contributed by atoms with Crippen LogP contribution in [0, 0.1) is 5.92 Å². The van der Waals surface area contributed by atoms with Crippen molar-refractivity contribution in [3.8, 4) is 0 Å². The van der Waals surface area contributed by atoms with Crippen LogP contribution in [-0.4, -0.2) is 10.2 Å². The third kappa shape index (κ3) is 10.8. The molecule has 0 aromatic carbocycles. The molecule has 0 saturated heterocycles. The number of hydrogen-bond acceptors (Lipinski definition) is 0. The van der Waals surface area contributed by atoms with E-state index in [1.807, 2.05) is 0 Å². The molecule has 0 rings (SSSR count). The maximum absolute atomic E-state index is 2.28. The van der Waals surface area contributed by atoms with Gasteiger partial charge in [-0.15, -0.1) is 0 Å². The van der Waals surface area contributed by atoms with Crippen LogP contribution in [0.5, 0.6) is 0 Å². The first-order valence-corrected chi connectivity index (χ1v) is 4.06. The van der Waals surface area contributed by atoms with Crippen molar-refractivity contribution in [2.45, 2.75) is 32.7 Å². The van der Waals surface area contributed by atoms with Gasteiger partial charge in [0.15, 0.2) is 0 Å². The Morgan fingerprint density at radius 3 is 2.00 bits per heavy atom. The summed E-state index contributed by atoms with van der Waals surface area (Å²) in [5.41, 5.74) is 0. The molecule has 8 heavy (non-hydrogen) atoms. The maximum atomic E-state index is 2.28. The average molecular weight is 154 g/mol. The van der Waals surface area contributed by atoms with Crippen molar-refractivity contribution in [3.63, 3.8) is 0 Å². The third-order valence-electron chi connectivity index (χ3n) is 1.03. The summed E-state index contributed by atoms with van der Waals surface area (Å²) in [6.07, 6.45) is 2.82. The molecule has 0 aliphatic rings. The van der Waals surface area contributed by atoms with E-state index in [1.54, 1.807) is 0 Å². The predicted octanol–water partition coefficient (Wildman–Crippen LogP) is -1.52. The van der Waals surface area contributed by atoms with Gasteiger partial charge in [0.2, 0.25) is 0 Å². The minimum atomic E-state index is 0. The molecule has 2 heteroatoms. The summed E-state index contributed by atoms with van der Waals surface area (Å²) in [7, 11) is 2.07. The topological polar surface area (TPSA) is 0 Å². The van der Waals surface area contributed by atoms with Crippen molar-refractivity contribution in [1.82, 2.24) is 0 Å². The van der Waals surface area contributed by atoms with Crippen LogP contribution in [0.1, 0.15) is 26.7 Å². The van der Waals surface area contributed by atoms with Gasteiger partial charge in [0, 0.05) is 0 Å². The fourth-order valence-electron chi connectivity index (χ4n) is 0.553. The van der Waals surface area contributed by atoms with Crippen LogP contribution in [0.3, 0.4) is 0 Å². The van der Waals surface area contributed by atoms with Crippen LogP contribution < -0.4 is 51.4 Å². The molecular weight excluding hydrogens is 139 g/mol. The first-order chi connectivity index (χ1) is 3.27. The van der Waals surface area contributed by atoms with Gasteiger partial charge in [-0.3, -0.25) is 10.2 Å². The monoisotopic (exact) mass is 154 g/mol. The van der Waals surface area contributed by atoms with E-state index in [2.05, 4.69) is 24.1 Å². The van der Waals surface area contributed by atoms with Gasteiger partial charge in [-0.25, -0.2) is 0 Å². The molecule has 0 fully saturated rings. The molecule has 0 N–H and O–H groups in total. The van der Waals surface area contributed by atoms with Gasteiger partial charge in [0.25, 0.3) is 0 Å². The molecule has 0 bridgehead atoms. The van der Waals surface area contributed by atoms with E-state index in [9.17, 15) is 0 Å². The van der Waals surface area contributed by atoms with Crippen molar-refractivity contribution in [2.75, 3.05) is 0 Å². The van der Waals surface area contributed by atoms with Gasteiger partial charge in [-0.1, -0.05) is 26.7 Å². The Bertz CT molecular complexity index is 37.5. The smallest absolute Gasteiger partial charge is 0.296 e. The van der Waals surface area contributed by atoms with E-state index in [4.69, 9.17) is 0 Å². The van der Waals surface area contributed by atoms with Gasteiger partial charge in [-0.05, 0) is 5.92 Å². The first-order valence-electron chi connectivity index (χ1n) is 3.06. The first kappa shape index (κ1) is 12.5. The Morgan fingerprint density at radius 1 is 1.38 bits per heavy atom. The molecule has 0 aliphatic heterocycles. The largest absolute Gasteiger partial charge is 1.00 e. The van der Waals surface area contributed by atoms with Crippen molar-refractivity contribution in [2.24, 2.45) is 5.92 Å². The molecule has 0 radical (unpaired) electrons. The second-order valence-electron chi connectivity index (χ2n) is 2.39. The Hall–Kier alpha value is 1.85. The summed E-state index contributed by atoms with van der Waals surface area (Å²) >= 11 is 0. The summed E-state index contributed by atoms with van der Waals surface area (Å²) in [5.74, 6) is 0.907. The molecule has 0 unspecified atom stereocenters. The third-order valence-corrected chi connectivity index (χ3v) is 1.53. The van der Waals surface area contributed by atoms with E-state index < -0.39 is 0 Å². The molecule has 0 aromatic rings. The number of rotatable bonds is 3. The normalized spacial score (nSPS) is 9.00. The van der Waals surface area contributed by atoms with Gasteiger partial charge < -0.3 is 0 Å². The van der Waals surface area contributed by atoms with Crippen LogP contribution in [-0.2, 0) is 0 Å². The molecule has 0 heterocycles. The van der Waals surface area contributed by atoms with Crippen LogP contribution in [0.25, 0.3) is 0 Å². The summed E-state index contributed by atoms with van der Waals surface area (Å²) in [6, 6.07) is 1.37. The zero-order chi connectivity index (χ0) is 5.70. The Balaban J connectivity index is 0. The van der Waals surface area contributed by atoms with Crippen molar-refractivity contribution in [1.29, 1.82) is 0 Å². The molecule has 0 spiro atoms. The minimum Gasteiger partial charge on any atom is -0.296 e. The maximum Gasteiger partial charge on any atom is 1.00 e. The van der Waals surface area contributed by atoms with Crippen molar-refractivity contribution in [3.05, 3.63) is 0 Å². The zero-order valence-corrected chi connectivity index (χ0v) is 10.9. The summed E-state index contributed by atoms with van der Waals surface area (Å²) in [4.78, 5) is 0. The summed E-state index contributed by atoms with van der Waals surface area (Å²) in [5, 5.41) is 0. The van der Waals surface area contributed by atoms with Gasteiger partial charge in [-0.2, -0.15) is 6.04 Å². The van der Waals surface area contributed by atoms with Gasteiger partial charge in [0.1, 0.15) is 0 Å². The summed E-state index contributed by atoms with van der Waals surface area (Å²) in [6.45, 7) is 4.55. The van der Waals surface area contributed by atoms with E-state index in [1.165, 1.54) is 18.9 Å². The SMILES string of the molecule is CC(C)CCC[SiH2-].[K+]. The molecule has 0 atom stereocenters. The van der Waals surface area contributed by atoms with Crippen LogP contribution >= 0.6 is 0 Å². The van der Waals surface area contributed by atoms with E-state index >= 15 is 0 Å². The Morgan fingerprint density at radius 2 is 1.88 bits per heavy atom. The second-order valence-corrected chi connectivity index (χ2v) is 3.10.